The van der Waals surface area contributed by atoms with Gasteiger partial charge in [0.15, 0.2) is 5.11 Å². The van der Waals surface area contributed by atoms with Gasteiger partial charge in [0.05, 0.1) is 31.6 Å². The van der Waals surface area contributed by atoms with Crippen LogP contribution in [0.15, 0.2) is 85.1 Å². The Labute approximate surface area is 204 Å². The highest BCUT2D eigenvalue weighted by molar-refractivity contribution is 7.80. The van der Waals surface area contributed by atoms with Gasteiger partial charge in [0.25, 0.3) is 0 Å². The molecule has 7 heteroatoms. The molecule has 6 nitrogen and oxygen atoms in total. The van der Waals surface area contributed by atoms with Gasteiger partial charge in [-0.1, -0.05) is 18.2 Å². The van der Waals surface area contributed by atoms with Gasteiger partial charge in [-0.25, -0.2) is 0 Å². The number of pyridine rings is 1. The van der Waals surface area contributed by atoms with Gasteiger partial charge in [0.2, 0.25) is 0 Å². The lowest BCUT2D eigenvalue weighted by Gasteiger charge is -2.30. The molecule has 4 aromatic rings. The molecule has 2 aromatic heterocycles. The summed E-state index contributed by atoms with van der Waals surface area (Å²) in [6.07, 6.45) is 1.82. The van der Waals surface area contributed by atoms with Crippen molar-refractivity contribution in [1.29, 1.82) is 0 Å². The smallest absolute Gasteiger partial charge is 0.174 e. The minimum atomic E-state index is -0.158. The van der Waals surface area contributed by atoms with Gasteiger partial charge >= 0.3 is 0 Å². The number of nitrogens with one attached hydrogen (secondary N) is 1. The Morgan fingerprint density at radius 2 is 1.65 bits per heavy atom. The van der Waals surface area contributed by atoms with E-state index >= 15 is 0 Å². The Hall–Kier alpha value is -3.84. The summed E-state index contributed by atoms with van der Waals surface area (Å²) >= 11 is 5.89. The maximum absolute atomic E-state index is 5.89. The van der Waals surface area contributed by atoms with Crippen molar-refractivity contribution >= 4 is 23.0 Å². The fraction of sp³-hybridized carbons (Fsp3) is 0.185. The van der Waals surface area contributed by atoms with Crippen LogP contribution in [0.1, 0.15) is 29.2 Å². The summed E-state index contributed by atoms with van der Waals surface area (Å²) in [5, 5.41) is 4.16. The molecule has 1 N–H and O–H groups in total. The molecule has 2 atom stereocenters. The van der Waals surface area contributed by atoms with Gasteiger partial charge in [-0.15, -0.1) is 0 Å². The lowest BCUT2D eigenvalue weighted by Crippen LogP contribution is -2.30. The van der Waals surface area contributed by atoms with Gasteiger partial charge < -0.3 is 24.3 Å². The number of rotatable bonds is 6. The molecule has 1 aliphatic heterocycles. The van der Waals surface area contributed by atoms with E-state index in [1.54, 1.807) is 14.2 Å². The maximum Gasteiger partial charge on any atom is 0.174 e. The van der Waals surface area contributed by atoms with Crippen LogP contribution in [-0.4, -0.2) is 28.9 Å². The monoisotopic (exact) mass is 470 g/mol. The number of para-hydroxylation sites is 2. The summed E-state index contributed by atoms with van der Waals surface area (Å²) in [6.45, 7) is 2.11. The molecule has 172 valence electrons. The normalized spacial score (nSPS) is 17.5. The number of aromatic nitrogens is 2. The Balaban J connectivity index is 1.70. The van der Waals surface area contributed by atoms with Crippen molar-refractivity contribution in [3.8, 4) is 17.2 Å². The highest BCUT2D eigenvalue weighted by Crippen LogP contribution is 2.45. The topological polar surface area (TPSA) is 51.5 Å². The van der Waals surface area contributed by atoms with Crippen molar-refractivity contribution in [2.75, 3.05) is 19.1 Å². The van der Waals surface area contributed by atoms with Gasteiger partial charge in [0.1, 0.15) is 17.5 Å². The summed E-state index contributed by atoms with van der Waals surface area (Å²) < 4.78 is 13.3. The van der Waals surface area contributed by atoms with Crippen LogP contribution in [0.2, 0.25) is 0 Å². The Kier molecular flexibility index (Phi) is 5.94. The molecular formula is C27H26N4O2S. The second kappa shape index (κ2) is 9.19. The van der Waals surface area contributed by atoms with Crippen molar-refractivity contribution < 1.29 is 9.47 Å². The molecule has 34 heavy (non-hydrogen) atoms. The van der Waals surface area contributed by atoms with Crippen molar-refractivity contribution in [1.82, 2.24) is 14.9 Å². The second-order valence-corrected chi connectivity index (χ2v) is 8.49. The molecule has 0 saturated carbocycles. The molecule has 2 aromatic carbocycles. The lowest BCUT2D eigenvalue weighted by atomic mass is 10.0. The zero-order chi connectivity index (χ0) is 23.7. The Morgan fingerprint density at radius 3 is 2.35 bits per heavy atom. The van der Waals surface area contributed by atoms with Crippen molar-refractivity contribution in [3.05, 3.63) is 102 Å². The third kappa shape index (κ3) is 3.78. The zero-order valence-electron chi connectivity index (χ0n) is 19.3. The predicted molar refractivity (Wildman–Crippen MR) is 138 cm³/mol. The number of hydrogen-bond acceptors (Lipinski definition) is 4. The first-order chi connectivity index (χ1) is 16.6. The van der Waals surface area contributed by atoms with Crippen molar-refractivity contribution in [2.45, 2.75) is 19.0 Å². The minimum absolute atomic E-state index is 0.148. The van der Waals surface area contributed by atoms with Gasteiger partial charge in [-0.05, 0) is 79.8 Å². The van der Waals surface area contributed by atoms with E-state index < -0.39 is 0 Å². The number of benzene rings is 2. The molecular weight excluding hydrogens is 444 g/mol. The molecule has 2 unspecified atom stereocenters. The molecule has 0 amide bonds. The standard InChI is InChI=1S/C27H26N4O2S/c1-18-11-16-23(30(18)19-12-14-20(32-2)15-13-19)26-25(21-8-6-7-17-28-21)29-27(34)31(26)22-9-4-5-10-24(22)33-3/h4-17,25-26H,1-3H3,(H,29,34). The molecule has 0 radical (unpaired) electrons. The zero-order valence-corrected chi connectivity index (χ0v) is 20.1. The lowest BCUT2D eigenvalue weighted by molar-refractivity contribution is 0.414. The van der Waals surface area contributed by atoms with E-state index in [9.17, 15) is 0 Å². The Bertz CT molecular complexity index is 1300. The molecule has 5 rings (SSSR count). The summed E-state index contributed by atoms with van der Waals surface area (Å²) in [5.74, 6) is 1.58. The second-order valence-electron chi connectivity index (χ2n) is 8.10. The first-order valence-corrected chi connectivity index (χ1v) is 11.5. The van der Waals surface area contributed by atoms with Crippen molar-refractivity contribution in [2.24, 2.45) is 0 Å². The third-order valence-corrected chi connectivity index (χ3v) is 6.50. The molecule has 1 saturated heterocycles. The molecule has 1 fully saturated rings. The van der Waals surface area contributed by atoms with E-state index in [1.165, 1.54) is 0 Å². The SMILES string of the molecule is COc1ccc(-n2c(C)ccc2C2C(c3ccccn3)NC(=S)N2c2ccccc2OC)cc1. The highest BCUT2D eigenvalue weighted by Gasteiger charge is 2.43. The van der Waals surface area contributed by atoms with Crippen LogP contribution in [0, 0.1) is 6.92 Å². The number of anilines is 1. The number of aryl methyl sites for hydroxylation is 1. The summed E-state index contributed by atoms with van der Waals surface area (Å²) in [7, 11) is 3.36. The third-order valence-electron chi connectivity index (χ3n) is 6.18. The van der Waals surface area contributed by atoms with Crippen LogP contribution in [0.5, 0.6) is 11.5 Å². The van der Waals surface area contributed by atoms with Crippen LogP contribution in [0.4, 0.5) is 5.69 Å². The summed E-state index contributed by atoms with van der Waals surface area (Å²) in [6, 6.07) is 26.0. The van der Waals surface area contributed by atoms with E-state index in [0.717, 1.165) is 40.0 Å². The van der Waals surface area contributed by atoms with E-state index in [-0.39, 0.29) is 12.1 Å². The van der Waals surface area contributed by atoms with Crippen LogP contribution in [0.3, 0.4) is 0 Å². The fourth-order valence-corrected chi connectivity index (χ4v) is 4.96. The number of ether oxygens (including phenoxy) is 2. The van der Waals surface area contributed by atoms with Crippen LogP contribution in [0.25, 0.3) is 5.69 Å². The number of methoxy groups -OCH3 is 2. The average Bonchev–Trinajstić information content (AvgIpc) is 3.43. The number of thiocarbonyl (C=S) groups is 1. The van der Waals surface area contributed by atoms with E-state index in [1.807, 2.05) is 60.8 Å². The van der Waals surface area contributed by atoms with E-state index in [4.69, 9.17) is 21.7 Å². The largest absolute Gasteiger partial charge is 0.497 e. The quantitative estimate of drug-likeness (QED) is 0.382. The number of hydrogen-bond donors (Lipinski definition) is 1. The molecule has 0 aliphatic carbocycles. The van der Waals surface area contributed by atoms with E-state index in [0.29, 0.717) is 5.11 Å². The van der Waals surface area contributed by atoms with Gasteiger partial charge in [-0.2, -0.15) is 0 Å². The first kappa shape index (κ1) is 22.0. The molecule has 3 heterocycles. The number of nitrogens with zero attached hydrogens (tertiary/aromatic N) is 3. The minimum Gasteiger partial charge on any atom is -0.497 e. The summed E-state index contributed by atoms with van der Waals surface area (Å²) in [4.78, 5) is 6.81. The predicted octanol–water partition coefficient (Wildman–Crippen LogP) is 5.38. The first-order valence-electron chi connectivity index (χ1n) is 11.1. The van der Waals surface area contributed by atoms with Crippen LogP contribution >= 0.6 is 12.2 Å². The molecule has 0 bridgehead atoms. The molecule has 0 spiro atoms. The molecule has 1 aliphatic rings. The van der Waals surface area contributed by atoms with E-state index in [2.05, 4.69) is 51.0 Å². The average molecular weight is 471 g/mol. The summed E-state index contributed by atoms with van der Waals surface area (Å²) in [5.41, 5.74) is 5.10. The van der Waals surface area contributed by atoms with Gasteiger partial charge in [0, 0.05) is 23.3 Å². The maximum atomic E-state index is 5.89. The van der Waals surface area contributed by atoms with Crippen LogP contribution in [-0.2, 0) is 0 Å². The van der Waals surface area contributed by atoms with Crippen molar-refractivity contribution in [3.63, 3.8) is 0 Å². The fourth-order valence-electron chi connectivity index (χ4n) is 4.62. The van der Waals surface area contributed by atoms with Gasteiger partial charge in [-0.3, -0.25) is 4.98 Å². The Morgan fingerprint density at radius 1 is 0.882 bits per heavy atom. The van der Waals surface area contributed by atoms with Crippen LogP contribution < -0.4 is 19.7 Å². The highest BCUT2D eigenvalue weighted by atomic mass is 32.1.